The molecule has 0 aliphatic rings. The van der Waals surface area contributed by atoms with Crippen molar-refractivity contribution in [2.75, 3.05) is 14.2 Å². The molecule has 0 N–H and O–H groups in total. The number of alkyl halides is 1. The molecule has 0 atom stereocenters. The van der Waals surface area contributed by atoms with E-state index < -0.39 is 0 Å². The summed E-state index contributed by atoms with van der Waals surface area (Å²) < 4.78 is 10.7. The van der Waals surface area contributed by atoms with E-state index in [1.165, 1.54) is 11.1 Å². The fraction of sp³-hybridized carbons (Fsp3) is 0.200. The van der Waals surface area contributed by atoms with E-state index in [1.807, 2.05) is 24.3 Å². The molecule has 0 amide bonds. The lowest BCUT2D eigenvalue weighted by molar-refractivity contribution is 0.414. The predicted molar refractivity (Wildman–Crippen MR) is 81.9 cm³/mol. The highest BCUT2D eigenvalue weighted by Gasteiger charge is 2.10. The van der Waals surface area contributed by atoms with Crippen LogP contribution in [0.15, 0.2) is 48.5 Å². The fourth-order valence-corrected chi connectivity index (χ4v) is 2.57. The first-order chi connectivity index (χ1) is 8.74. The van der Waals surface area contributed by atoms with E-state index in [9.17, 15) is 0 Å². The van der Waals surface area contributed by atoms with Crippen molar-refractivity contribution in [1.82, 2.24) is 0 Å². The van der Waals surface area contributed by atoms with Gasteiger partial charge in [-0.05, 0) is 35.4 Å². The van der Waals surface area contributed by atoms with Gasteiger partial charge in [0.1, 0.15) is 11.5 Å². The number of benzene rings is 2. The Morgan fingerprint density at radius 3 is 1.33 bits per heavy atom. The Bertz CT molecular complexity index is 443. The van der Waals surface area contributed by atoms with Crippen molar-refractivity contribution < 1.29 is 9.47 Å². The van der Waals surface area contributed by atoms with Crippen LogP contribution in [0, 0.1) is 0 Å². The SMILES string of the molecule is COc1ccc(C(I)c2ccc(OC)cc2)cc1. The summed E-state index contributed by atoms with van der Waals surface area (Å²) in [5, 5.41) is 0. The zero-order valence-corrected chi connectivity index (χ0v) is 12.5. The van der Waals surface area contributed by atoms with Crippen molar-refractivity contribution in [1.29, 1.82) is 0 Å². The van der Waals surface area contributed by atoms with Gasteiger partial charge in [-0.15, -0.1) is 0 Å². The van der Waals surface area contributed by atoms with Crippen LogP contribution in [0.25, 0.3) is 0 Å². The molecule has 2 aromatic rings. The average Bonchev–Trinajstić information content (AvgIpc) is 2.47. The summed E-state index contributed by atoms with van der Waals surface area (Å²) in [7, 11) is 3.36. The Hall–Kier alpha value is -1.23. The first kappa shape index (κ1) is 13.2. The molecule has 0 unspecified atom stereocenters. The molecule has 0 heterocycles. The van der Waals surface area contributed by atoms with Crippen LogP contribution in [0.2, 0.25) is 0 Å². The molecule has 18 heavy (non-hydrogen) atoms. The van der Waals surface area contributed by atoms with Crippen LogP contribution < -0.4 is 9.47 Å². The van der Waals surface area contributed by atoms with Gasteiger partial charge in [-0.3, -0.25) is 0 Å². The van der Waals surface area contributed by atoms with Gasteiger partial charge in [0.2, 0.25) is 0 Å². The third-order valence-corrected chi connectivity index (χ3v) is 4.26. The number of halogens is 1. The molecule has 0 saturated heterocycles. The lowest BCUT2D eigenvalue weighted by Gasteiger charge is -2.12. The number of rotatable bonds is 4. The highest BCUT2D eigenvalue weighted by molar-refractivity contribution is 14.1. The second-order valence-corrected chi connectivity index (χ2v) is 5.15. The molecule has 94 valence electrons. The monoisotopic (exact) mass is 354 g/mol. The summed E-state index contributed by atoms with van der Waals surface area (Å²) in [4.78, 5) is 0. The van der Waals surface area contributed by atoms with Crippen LogP contribution in [0.5, 0.6) is 11.5 Å². The molecular formula is C15H15IO2. The molecule has 3 heteroatoms. The molecule has 0 fully saturated rings. The molecule has 2 nitrogen and oxygen atoms in total. The highest BCUT2D eigenvalue weighted by Crippen LogP contribution is 2.32. The molecule has 0 aliphatic carbocycles. The molecule has 0 saturated carbocycles. The molecule has 0 bridgehead atoms. The van der Waals surface area contributed by atoms with Gasteiger partial charge in [-0.1, -0.05) is 46.9 Å². The van der Waals surface area contributed by atoms with Crippen molar-refractivity contribution in [3.05, 3.63) is 59.7 Å². The maximum absolute atomic E-state index is 5.17. The van der Waals surface area contributed by atoms with E-state index in [0.29, 0.717) is 3.92 Å². The van der Waals surface area contributed by atoms with E-state index in [2.05, 4.69) is 46.9 Å². The van der Waals surface area contributed by atoms with Gasteiger partial charge in [0.25, 0.3) is 0 Å². The van der Waals surface area contributed by atoms with Gasteiger partial charge < -0.3 is 9.47 Å². The molecular weight excluding hydrogens is 339 g/mol. The number of hydrogen-bond donors (Lipinski definition) is 0. The minimum atomic E-state index is 0.333. The maximum Gasteiger partial charge on any atom is 0.118 e. The fourth-order valence-electron chi connectivity index (χ4n) is 1.74. The Morgan fingerprint density at radius 1 is 0.722 bits per heavy atom. The zero-order valence-electron chi connectivity index (χ0n) is 10.4. The predicted octanol–water partition coefficient (Wildman–Crippen LogP) is 4.23. The van der Waals surface area contributed by atoms with E-state index in [1.54, 1.807) is 14.2 Å². The van der Waals surface area contributed by atoms with Crippen LogP contribution in [0.1, 0.15) is 15.1 Å². The Labute approximate surface area is 121 Å². The van der Waals surface area contributed by atoms with Gasteiger partial charge in [0.05, 0.1) is 18.1 Å². The number of hydrogen-bond acceptors (Lipinski definition) is 2. The van der Waals surface area contributed by atoms with Crippen LogP contribution in [-0.2, 0) is 0 Å². The number of ether oxygens (including phenoxy) is 2. The van der Waals surface area contributed by atoms with Crippen LogP contribution in [0.4, 0.5) is 0 Å². The summed E-state index contributed by atoms with van der Waals surface area (Å²) in [5.74, 6) is 1.77. The van der Waals surface area contributed by atoms with Crippen molar-refractivity contribution in [2.24, 2.45) is 0 Å². The molecule has 0 spiro atoms. The standard InChI is InChI=1S/C15H15IO2/c1-17-13-7-3-11(4-8-13)15(16)12-5-9-14(18-2)10-6-12/h3-10,15H,1-2H3. The number of methoxy groups -OCH3 is 2. The average molecular weight is 354 g/mol. The van der Waals surface area contributed by atoms with Crippen molar-refractivity contribution >= 4 is 22.6 Å². The van der Waals surface area contributed by atoms with Gasteiger partial charge in [-0.25, -0.2) is 0 Å². The summed E-state index contributed by atoms with van der Waals surface area (Å²) in [6.45, 7) is 0. The summed E-state index contributed by atoms with van der Waals surface area (Å²) in [6.07, 6.45) is 0. The minimum absolute atomic E-state index is 0.333. The second-order valence-electron chi connectivity index (χ2n) is 3.91. The smallest absolute Gasteiger partial charge is 0.118 e. The summed E-state index contributed by atoms with van der Waals surface area (Å²) >= 11 is 2.44. The Morgan fingerprint density at radius 2 is 1.06 bits per heavy atom. The van der Waals surface area contributed by atoms with E-state index >= 15 is 0 Å². The topological polar surface area (TPSA) is 18.5 Å². The van der Waals surface area contributed by atoms with Gasteiger partial charge in [0, 0.05) is 0 Å². The van der Waals surface area contributed by atoms with Gasteiger partial charge >= 0.3 is 0 Å². The molecule has 0 radical (unpaired) electrons. The third-order valence-electron chi connectivity index (χ3n) is 2.82. The minimum Gasteiger partial charge on any atom is -0.497 e. The van der Waals surface area contributed by atoms with Gasteiger partial charge in [-0.2, -0.15) is 0 Å². The molecule has 0 aliphatic heterocycles. The quantitative estimate of drug-likeness (QED) is 0.604. The van der Waals surface area contributed by atoms with Crippen LogP contribution in [0.3, 0.4) is 0 Å². The first-order valence-electron chi connectivity index (χ1n) is 5.66. The first-order valence-corrected chi connectivity index (χ1v) is 6.91. The van der Waals surface area contributed by atoms with Crippen molar-refractivity contribution in [2.45, 2.75) is 3.92 Å². The van der Waals surface area contributed by atoms with E-state index in [-0.39, 0.29) is 0 Å². The zero-order chi connectivity index (χ0) is 13.0. The van der Waals surface area contributed by atoms with Crippen LogP contribution in [-0.4, -0.2) is 14.2 Å². The molecule has 0 aromatic heterocycles. The lowest BCUT2D eigenvalue weighted by Crippen LogP contribution is -1.93. The largest absolute Gasteiger partial charge is 0.497 e. The second kappa shape index (κ2) is 6.09. The normalized spacial score (nSPS) is 10.4. The Balaban J connectivity index is 2.20. The van der Waals surface area contributed by atoms with E-state index in [4.69, 9.17) is 9.47 Å². The maximum atomic E-state index is 5.17. The Kier molecular flexibility index (Phi) is 4.47. The summed E-state index contributed by atoms with van der Waals surface area (Å²) in [6, 6.07) is 16.4. The summed E-state index contributed by atoms with van der Waals surface area (Å²) in [5.41, 5.74) is 2.53. The van der Waals surface area contributed by atoms with Crippen molar-refractivity contribution in [3.8, 4) is 11.5 Å². The highest BCUT2D eigenvalue weighted by atomic mass is 127. The molecule has 2 aromatic carbocycles. The molecule has 2 rings (SSSR count). The lowest BCUT2D eigenvalue weighted by atomic mass is 10.0. The van der Waals surface area contributed by atoms with Crippen LogP contribution >= 0.6 is 22.6 Å². The van der Waals surface area contributed by atoms with E-state index in [0.717, 1.165) is 11.5 Å². The van der Waals surface area contributed by atoms with Gasteiger partial charge in [0.15, 0.2) is 0 Å². The third kappa shape index (κ3) is 2.96. The van der Waals surface area contributed by atoms with Crippen molar-refractivity contribution in [3.63, 3.8) is 0 Å².